The van der Waals surface area contributed by atoms with Crippen LogP contribution in [0.25, 0.3) is 0 Å². The second-order valence-electron chi connectivity index (χ2n) is 10.0. The van der Waals surface area contributed by atoms with Crippen molar-refractivity contribution in [3.63, 3.8) is 0 Å². The Bertz CT molecular complexity index is 624. The monoisotopic (exact) mass is 514 g/mol. The summed E-state index contributed by atoms with van der Waals surface area (Å²) in [5.74, 6) is -0.112. The number of aliphatic hydroxyl groups excluding tert-OH is 1. The minimum atomic E-state index is -0.921. The molecule has 4 heteroatoms. The van der Waals surface area contributed by atoms with Crippen molar-refractivity contribution < 1.29 is 26.9 Å². The van der Waals surface area contributed by atoms with Crippen LogP contribution in [0.2, 0.25) is 0 Å². The van der Waals surface area contributed by atoms with E-state index in [4.69, 9.17) is 0 Å². The molecule has 0 bridgehead atoms. The van der Waals surface area contributed by atoms with E-state index in [1.165, 1.54) is 68.7 Å². The van der Waals surface area contributed by atoms with Gasteiger partial charge in [0.05, 0.1) is 24.6 Å². The topological polar surface area (TPSA) is 37.3 Å². The number of rotatable bonds is 13. The highest BCUT2D eigenvalue weighted by Crippen LogP contribution is 2.61. The van der Waals surface area contributed by atoms with Gasteiger partial charge >= 0.3 is 0 Å². The van der Waals surface area contributed by atoms with Crippen molar-refractivity contribution in [1.29, 1.82) is 0 Å². The molecule has 1 aliphatic rings. The number of aliphatic hydroxyl groups is 1. The molecule has 0 saturated heterocycles. The van der Waals surface area contributed by atoms with Crippen molar-refractivity contribution >= 4 is 13.0 Å². The zero-order valence-corrected chi connectivity index (χ0v) is 23.7. The smallest absolute Gasteiger partial charge is 0.187 e. The summed E-state index contributed by atoms with van der Waals surface area (Å²) in [6.45, 7) is 15.3. The van der Waals surface area contributed by atoms with Gasteiger partial charge in [0.2, 0.25) is 0 Å². The van der Waals surface area contributed by atoms with Gasteiger partial charge in [-0.1, -0.05) is 71.6 Å². The second-order valence-corrected chi connectivity index (χ2v) is 14.4. The molecule has 0 fully saturated rings. The number of Topliss-reactive ketones (excluding diaryl/α,β-unsaturated/α-hetero) is 1. The summed E-state index contributed by atoms with van der Waals surface area (Å²) in [5.41, 5.74) is 2.93. The van der Waals surface area contributed by atoms with Crippen LogP contribution in [-0.4, -0.2) is 41.6 Å². The summed E-state index contributed by atoms with van der Waals surface area (Å²) < 4.78 is 0. The average Bonchev–Trinajstić information content (AvgIpc) is 2.70. The van der Waals surface area contributed by atoms with Crippen LogP contribution in [0.3, 0.4) is 0 Å². The van der Waals surface area contributed by atoms with Crippen LogP contribution >= 0.6 is 7.26 Å². The molecule has 0 spiro atoms. The molecule has 0 unspecified atom stereocenters. The van der Waals surface area contributed by atoms with Crippen LogP contribution in [-0.2, 0) is 4.79 Å². The van der Waals surface area contributed by atoms with Gasteiger partial charge in [0.1, 0.15) is 6.10 Å². The molecule has 0 saturated carbocycles. The molecule has 1 aliphatic carbocycles. The van der Waals surface area contributed by atoms with Crippen molar-refractivity contribution in [3.05, 3.63) is 34.9 Å². The summed E-state index contributed by atoms with van der Waals surface area (Å²) in [5, 5.41) is 10.0. The average molecular weight is 516 g/mol. The van der Waals surface area contributed by atoms with E-state index in [0.717, 1.165) is 11.1 Å². The molecule has 2 nitrogen and oxygen atoms in total. The molecular formula is C27H48BrO2P. The molecule has 31 heavy (non-hydrogen) atoms. The first-order valence-electron chi connectivity index (χ1n) is 12.3. The molecule has 0 aliphatic heterocycles. The molecule has 0 aromatic heterocycles. The SMILES string of the molecule is CCCC[P+](C/C=C(C)/C=C/C1=C(C)C(=O)[C@@H](O)CC1(C)C)(CCCC)CCCC.[Br-]. The number of unbranched alkanes of at least 4 members (excludes halogenated alkanes) is 3. The maximum Gasteiger partial charge on any atom is 0.187 e. The Balaban J connectivity index is 0.00000900. The van der Waals surface area contributed by atoms with Gasteiger partial charge in [-0.15, -0.1) is 0 Å². The van der Waals surface area contributed by atoms with Crippen LogP contribution in [0, 0.1) is 5.41 Å². The fourth-order valence-corrected chi connectivity index (χ4v) is 9.49. The van der Waals surface area contributed by atoms with E-state index in [2.05, 4.69) is 59.8 Å². The van der Waals surface area contributed by atoms with Gasteiger partial charge in [0.15, 0.2) is 5.78 Å². The summed E-state index contributed by atoms with van der Waals surface area (Å²) >= 11 is 0. The predicted molar refractivity (Wildman–Crippen MR) is 136 cm³/mol. The zero-order valence-electron chi connectivity index (χ0n) is 21.3. The number of carbonyl (C=O) groups is 1. The molecule has 0 radical (unpaired) electrons. The Labute approximate surface area is 204 Å². The van der Waals surface area contributed by atoms with E-state index in [9.17, 15) is 9.90 Å². The maximum atomic E-state index is 12.3. The standard InChI is InChI=1S/C27H48O2P.BrH/c1-8-11-17-30(18-12-9-2,19-13-10-3)20-16-22(4)14-15-24-23(5)26(29)25(28)21-27(24,6)7;/h14-16,25,28H,8-13,17-21H2,1-7H3;1H/q+1;/p-1/b15-14+,22-16+;/t25-;/m0./s1. The Morgan fingerprint density at radius 3 is 2.00 bits per heavy atom. The Morgan fingerprint density at radius 1 is 1.06 bits per heavy atom. The normalized spacial score (nSPS) is 19.8. The molecule has 0 aromatic carbocycles. The van der Waals surface area contributed by atoms with Gasteiger partial charge < -0.3 is 22.1 Å². The lowest BCUT2D eigenvalue weighted by atomic mass is 9.71. The molecular weight excluding hydrogens is 467 g/mol. The summed E-state index contributed by atoms with van der Waals surface area (Å²) in [6.07, 6.45) is 20.1. The van der Waals surface area contributed by atoms with Gasteiger partial charge in [-0.25, -0.2) is 0 Å². The second kappa shape index (κ2) is 14.8. The van der Waals surface area contributed by atoms with Crippen LogP contribution in [0.1, 0.15) is 93.4 Å². The minimum Gasteiger partial charge on any atom is -1.00 e. The van der Waals surface area contributed by atoms with Crippen molar-refractivity contribution in [1.82, 2.24) is 0 Å². The first-order chi connectivity index (χ1) is 14.1. The third kappa shape index (κ3) is 9.65. The van der Waals surface area contributed by atoms with Gasteiger partial charge in [-0.2, -0.15) is 0 Å². The Kier molecular flexibility index (Phi) is 14.7. The third-order valence-electron chi connectivity index (χ3n) is 6.78. The summed E-state index contributed by atoms with van der Waals surface area (Å²) in [7, 11) is -0.921. The third-order valence-corrected chi connectivity index (χ3v) is 11.5. The Morgan fingerprint density at radius 2 is 1.55 bits per heavy atom. The number of carbonyl (C=O) groups excluding carboxylic acids is 1. The molecule has 1 rings (SSSR count). The van der Waals surface area contributed by atoms with Crippen molar-refractivity contribution in [2.75, 3.05) is 24.6 Å². The first kappa shape index (κ1) is 30.8. The van der Waals surface area contributed by atoms with Gasteiger partial charge in [0.25, 0.3) is 0 Å². The summed E-state index contributed by atoms with van der Waals surface area (Å²) in [4.78, 5) is 12.3. The van der Waals surface area contributed by atoms with Gasteiger partial charge in [0, 0.05) is 7.26 Å². The lowest BCUT2D eigenvalue weighted by Gasteiger charge is -2.34. The fourth-order valence-electron chi connectivity index (χ4n) is 4.64. The van der Waals surface area contributed by atoms with E-state index in [0.29, 0.717) is 6.42 Å². The highest BCUT2D eigenvalue weighted by molar-refractivity contribution is 7.76. The van der Waals surface area contributed by atoms with Gasteiger partial charge in [-0.05, 0) is 62.2 Å². The highest BCUT2D eigenvalue weighted by Gasteiger charge is 2.37. The fraction of sp³-hybridized carbons (Fsp3) is 0.741. The molecule has 1 N–H and O–H groups in total. The lowest BCUT2D eigenvalue weighted by Crippen LogP contribution is -3.00. The van der Waals surface area contributed by atoms with Crippen LogP contribution in [0.5, 0.6) is 0 Å². The largest absolute Gasteiger partial charge is 1.00 e. The van der Waals surface area contributed by atoms with Crippen LogP contribution in [0.4, 0.5) is 0 Å². The van der Waals surface area contributed by atoms with Crippen molar-refractivity contribution in [3.8, 4) is 0 Å². The molecule has 0 aromatic rings. The van der Waals surface area contributed by atoms with E-state index in [1.807, 2.05) is 6.92 Å². The number of hydrogen-bond acceptors (Lipinski definition) is 2. The van der Waals surface area contributed by atoms with E-state index < -0.39 is 13.4 Å². The number of allylic oxidation sites excluding steroid dienone is 5. The molecule has 180 valence electrons. The Hall–Kier alpha value is -0.240. The minimum absolute atomic E-state index is 0. The highest BCUT2D eigenvalue weighted by atomic mass is 79.9. The molecule has 0 heterocycles. The van der Waals surface area contributed by atoms with E-state index >= 15 is 0 Å². The first-order valence-corrected chi connectivity index (χ1v) is 14.8. The van der Waals surface area contributed by atoms with Crippen molar-refractivity contribution in [2.45, 2.75) is 99.5 Å². The van der Waals surface area contributed by atoms with Gasteiger partial charge in [-0.3, -0.25) is 4.79 Å². The lowest BCUT2D eigenvalue weighted by molar-refractivity contribution is -0.125. The number of hydrogen-bond donors (Lipinski definition) is 1. The number of ketones is 1. The summed E-state index contributed by atoms with van der Waals surface area (Å²) in [6, 6.07) is 0. The van der Waals surface area contributed by atoms with E-state index in [-0.39, 0.29) is 28.2 Å². The maximum absolute atomic E-state index is 12.3. The quantitative estimate of drug-likeness (QED) is 0.288. The number of halogens is 1. The zero-order chi connectivity index (χ0) is 22.8. The molecule has 0 amide bonds. The van der Waals surface area contributed by atoms with Crippen LogP contribution < -0.4 is 17.0 Å². The van der Waals surface area contributed by atoms with Crippen molar-refractivity contribution in [2.24, 2.45) is 5.41 Å². The van der Waals surface area contributed by atoms with E-state index in [1.54, 1.807) is 0 Å². The molecule has 1 atom stereocenters. The predicted octanol–water partition coefficient (Wildman–Crippen LogP) is 4.59. The van der Waals surface area contributed by atoms with Crippen LogP contribution in [0.15, 0.2) is 34.9 Å².